The van der Waals surface area contributed by atoms with Gasteiger partial charge in [-0.1, -0.05) is 25.1 Å². The largest absolute Gasteiger partial charge is 0.320 e. The van der Waals surface area contributed by atoms with Crippen LogP contribution in [-0.4, -0.2) is 36.1 Å². The number of nitrogens with one attached hydrogen (secondary N) is 1. The summed E-state index contributed by atoms with van der Waals surface area (Å²) in [6, 6.07) is 6.28. The fourth-order valence-corrected chi connectivity index (χ4v) is 4.14. The number of aryl methyl sites for hydroxylation is 2. The van der Waals surface area contributed by atoms with Gasteiger partial charge in [-0.05, 0) is 57.6 Å². The van der Waals surface area contributed by atoms with Crippen molar-refractivity contribution in [3.63, 3.8) is 0 Å². The summed E-state index contributed by atoms with van der Waals surface area (Å²) in [7, 11) is 0. The molecule has 0 aromatic heterocycles. The van der Waals surface area contributed by atoms with Crippen LogP contribution in [0, 0.1) is 13.8 Å². The SMILES string of the molecule is CCC[C@H](C(=O)Nc1c(C)cccc1C)[N+]1(CC)CCCCC1. The van der Waals surface area contributed by atoms with Crippen LogP contribution >= 0.6 is 0 Å². The van der Waals surface area contributed by atoms with E-state index in [9.17, 15) is 4.79 Å². The van der Waals surface area contributed by atoms with Gasteiger partial charge in [-0.25, -0.2) is 0 Å². The Bertz CT molecular complexity index is 512. The molecule has 1 fully saturated rings. The highest BCUT2D eigenvalue weighted by Gasteiger charge is 2.41. The fraction of sp³-hybridized carbons (Fsp3) is 0.650. The number of anilines is 1. The first kappa shape index (κ1) is 18.0. The lowest BCUT2D eigenvalue weighted by molar-refractivity contribution is -0.945. The molecule has 0 unspecified atom stereocenters. The van der Waals surface area contributed by atoms with Crippen LogP contribution in [0.1, 0.15) is 57.1 Å². The van der Waals surface area contributed by atoms with E-state index in [2.05, 4.69) is 51.2 Å². The first-order valence-electron chi connectivity index (χ1n) is 9.27. The minimum absolute atomic E-state index is 0.0873. The molecule has 2 rings (SSSR count). The molecule has 3 heteroatoms. The van der Waals surface area contributed by atoms with E-state index in [1.165, 1.54) is 19.3 Å². The van der Waals surface area contributed by atoms with Gasteiger partial charge in [0.05, 0.1) is 19.6 Å². The molecule has 1 saturated heterocycles. The molecule has 1 N–H and O–H groups in total. The third-order valence-corrected chi connectivity index (χ3v) is 5.59. The molecule has 1 amide bonds. The minimum atomic E-state index is 0.0873. The summed E-state index contributed by atoms with van der Waals surface area (Å²) in [5.74, 6) is 0.216. The topological polar surface area (TPSA) is 29.1 Å². The van der Waals surface area contributed by atoms with Gasteiger partial charge in [0.2, 0.25) is 0 Å². The van der Waals surface area contributed by atoms with Gasteiger partial charge in [0.1, 0.15) is 0 Å². The third kappa shape index (κ3) is 3.95. The second-order valence-corrected chi connectivity index (χ2v) is 7.10. The molecule has 1 aliphatic heterocycles. The molecule has 0 radical (unpaired) electrons. The van der Waals surface area contributed by atoms with Crippen LogP contribution in [0.4, 0.5) is 5.69 Å². The Kier molecular flexibility index (Phi) is 6.23. The maximum absolute atomic E-state index is 13.1. The number of likely N-dealkylation sites (tertiary alicyclic amines) is 1. The normalized spacial score (nSPS) is 18.4. The fourth-order valence-electron chi connectivity index (χ4n) is 4.14. The number of amides is 1. The lowest BCUT2D eigenvalue weighted by atomic mass is 9.98. The molecule has 1 heterocycles. The zero-order chi connectivity index (χ0) is 16.9. The van der Waals surface area contributed by atoms with Crippen molar-refractivity contribution >= 4 is 11.6 Å². The van der Waals surface area contributed by atoms with Crippen molar-refractivity contribution in [2.24, 2.45) is 0 Å². The van der Waals surface area contributed by atoms with E-state index in [0.717, 1.165) is 53.8 Å². The summed E-state index contributed by atoms with van der Waals surface area (Å²) < 4.78 is 0.977. The zero-order valence-corrected chi connectivity index (χ0v) is 15.3. The number of para-hydroxylation sites is 1. The summed E-state index contributed by atoms with van der Waals surface area (Å²) in [4.78, 5) is 13.1. The molecule has 1 aromatic carbocycles. The average molecular weight is 317 g/mol. The molecular weight excluding hydrogens is 284 g/mol. The third-order valence-electron chi connectivity index (χ3n) is 5.59. The van der Waals surface area contributed by atoms with Crippen molar-refractivity contribution in [3.05, 3.63) is 29.3 Å². The van der Waals surface area contributed by atoms with E-state index < -0.39 is 0 Å². The van der Waals surface area contributed by atoms with Crippen molar-refractivity contribution in [3.8, 4) is 0 Å². The van der Waals surface area contributed by atoms with Gasteiger partial charge in [-0.2, -0.15) is 0 Å². The number of nitrogens with zero attached hydrogens (tertiary/aromatic N) is 1. The van der Waals surface area contributed by atoms with Gasteiger partial charge in [-0.15, -0.1) is 0 Å². The van der Waals surface area contributed by atoms with Gasteiger partial charge < -0.3 is 9.80 Å². The van der Waals surface area contributed by atoms with Crippen LogP contribution in [-0.2, 0) is 4.79 Å². The Labute approximate surface area is 141 Å². The van der Waals surface area contributed by atoms with E-state index in [1.54, 1.807) is 0 Å². The van der Waals surface area contributed by atoms with Crippen molar-refractivity contribution in [2.75, 3.05) is 25.0 Å². The molecule has 1 aliphatic rings. The van der Waals surface area contributed by atoms with Crippen molar-refractivity contribution in [1.29, 1.82) is 0 Å². The number of piperidine rings is 1. The number of hydrogen-bond donors (Lipinski definition) is 1. The van der Waals surface area contributed by atoms with Crippen LogP contribution in [0.5, 0.6) is 0 Å². The van der Waals surface area contributed by atoms with Crippen molar-refractivity contribution in [2.45, 2.75) is 65.8 Å². The van der Waals surface area contributed by atoms with Crippen molar-refractivity contribution in [1.82, 2.24) is 0 Å². The number of carbonyl (C=O) groups is 1. The van der Waals surface area contributed by atoms with Crippen LogP contribution < -0.4 is 5.32 Å². The quantitative estimate of drug-likeness (QED) is 0.773. The highest BCUT2D eigenvalue weighted by molar-refractivity contribution is 5.95. The Morgan fingerprint density at radius 1 is 1.13 bits per heavy atom. The van der Waals surface area contributed by atoms with Crippen LogP contribution in [0.2, 0.25) is 0 Å². The number of hydrogen-bond acceptors (Lipinski definition) is 1. The van der Waals surface area contributed by atoms with Gasteiger partial charge in [0.15, 0.2) is 6.04 Å². The monoisotopic (exact) mass is 317 g/mol. The highest BCUT2D eigenvalue weighted by atomic mass is 16.2. The maximum atomic E-state index is 13.1. The number of likely N-dealkylation sites (N-methyl/N-ethyl adjacent to an activating group) is 1. The van der Waals surface area contributed by atoms with Gasteiger partial charge in [0.25, 0.3) is 5.91 Å². The van der Waals surface area contributed by atoms with Crippen LogP contribution in [0.15, 0.2) is 18.2 Å². The Balaban J connectivity index is 2.24. The summed E-state index contributed by atoms with van der Waals surface area (Å²) in [5, 5.41) is 3.27. The molecule has 23 heavy (non-hydrogen) atoms. The van der Waals surface area contributed by atoms with E-state index in [0.29, 0.717) is 0 Å². The van der Waals surface area contributed by atoms with Crippen LogP contribution in [0.25, 0.3) is 0 Å². The lowest BCUT2D eigenvalue weighted by Gasteiger charge is -2.46. The Morgan fingerprint density at radius 2 is 1.74 bits per heavy atom. The standard InChI is InChI=1S/C20H32N2O/c1-5-11-18(22(6-2)14-8-7-9-15-22)20(23)21-19-16(3)12-10-13-17(19)4/h10,12-13,18H,5-9,11,14-15H2,1-4H3/p+1/t18-/m1/s1. The molecular formula is C20H33N2O+. The summed E-state index contributed by atoms with van der Waals surface area (Å²) in [6.45, 7) is 12.0. The van der Waals surface area contributed by atoms with Gasteiger partial charge in [0, 0.05) is 12.1 Å². The maximum Gasteiger partial charge on any atom is 0.282 e. The Morgan fingerprint density at radius 3 is 2.26 bits per heavy atom. The molecule has 0 aliphatic carbocycles. The molecule has 1 aromatic rings. The number of carbonyl (C=O) groups excluding carboxylic acids is 1. The first-order chi connectivity index (χ1) is 11.0. The second-order valence-electron chi connectivity index (χ2n) is 7.10. The van der Waals surface area contributed by atoms with Gasteiger partial charge >= 0.3 is 0 Å². The number of rotatable bonds is 6. The molecule has 0 spiro atoms. The number of benzene rings is 1. The zero-order valence-electron chi connectivity index (χ0n) is 15.3. The highest BCUT2D eigenvalue weighted by Crippen LogP contribution is 2.27. The van der Waals surface area contributed by atoms with Gasteiger partial charge in [-0.3, -0.25) is 4.79 Å². The summed E-state index contributed by atoms with van der Waals surface area (Å²) in [6.07, 6.45) is 5.86. The van der Waals surface area contributed by atoms with E-state index in [-0.39, 0.29) is 11.9 Å². The molecule has 0 saturated carbocycles. The summed E-state index contributed by atoms with van der Waals surface area (Å²) in [5.41, 5.74) is 3.30. The van der Waals surface area contributed by atoms with Crippen LogP contribution in [0.3, 0.4) is 0 Å². The second kappa shape index (κ2) is 7.96. The molecule has 128 valence electrons. The van der Waals surface area contributed by atoms with Crippen molar-refractivity contribution < 1.29 is 9.28 Å². The molecule has 3 nitrogen and oxygen atoms in total. The van der Waals surface area contributed by atoms with E-state index in [4.69, 9.17) is 0 Å². The molecule has 0 bridgehead atoms. The summed E-state index contributed by atoms with van der Waals surface area (Å²) >= 11 is 0. The minimum Gasteiger partial charge on any atom is -0.320 e. The number of quaternary nitrogens is 1. The average Bonchev–Trinajstić information content (AvgIpc) is 2.56. The Hall–Kier alpha value is -1.35. The lowest BCUT2D eigenvalue weighted by Crippen LogP contribution is -2.61. The predicted molar refractivity (Wildman–Crippen MR) is 97.6 cm³/mol. The van der Waals surface area contributed by atoms with E-state index >= 15 is 0 Å². The molecule has 1 atom stereocenters. The van der Waals surface area contributed by atoms with E-state index in [1.807, 2.05) is 0 Å². The smallest absolute Gasteiger partial charge is 0.282 e. The predicted octanol–water partition coefficient (Wildman–Crippen LogP) is 4.43. The first-order valence-corrected chi connectivity index (χ1v) is 9.27.